The van der Waals surface area contributed by atoms with E-state index in [0.29, 0.717) is 5.69 Å². The maximum absolute atomic E-state index is 12.7. The SMILES string of the molecule is CCCc1cc(CCC)c(N=C(c2ccccc2)c2ccccc2)c(=O)o1. The normalized spacial score (nSPS) is 10.6. The number of nitrogens with zero attached hydrogens (tertiary/aromatic N) is 1. The first-order chi connectivity index (χ1) is 13.2. The molecule has 1 aromatic heterocycles. The molecule has 138 valence electrons. The van der Waals surface area contributed by atoms with Gasteiger partial charge in [0, 0.05) is 17.5 Å². The maximum atomic E-state index is 12.7. The molecule has 3 nitrogen and oxygen atoms in total. The second kappa shape index (κ2) is 9.13. The van der Waals surface area contributed by atoms with Gasteiger partial charge in [0.2, 0.25) is 0 Å². The molecule has 0 fully saturated rings. The molecule has 0 bridgehead atoms. The van der Waals surface area contributed by atoms with Gasteiger partial charge in [-0.3, -0.25) is 0 Å². The second-order valence-electron chi connectivity index (χ2n) is 6.57. The van der Waals surface area contributed by atoms with Crippen molar-refractivity contribution in [2.45, 2.75) is 39.5 Å². The van der Waals surface area contributed by atoms with Gasteiger partial charge >= 0.3 is 5.63 Å². The zero-order valence-corrected chi connectivity index (χ0v) is 15.9. The van der Waals surface area contributed by atoms with E-state index in [9.17, 15) is 4.79 Å². The average Bonchev–Trinajstić information content (AvgIpc) is 2.69. The van der Waals surface area contributed by atoms with Gasteiger partial charge in [-0.05, 0) is 24.5 Å². The summed E-state index contributed by atoms with van der Waals surface area (Å²) in [7, 11) is 0. The molecule has 3 rings (SSSR count). The predicted molar refractivity (Wildman–Crippen MR) is 111 cm³/mol. The van der Waals surface area contributed by atoms with Crippen LogP contribution in [0, 0.1) is 0 Å². The standard InChI is InChI=1S/C24H25NO2/c1-3-11-20-17-21(12-4-2)27-24(26)23(20)25-22(18-13-7-5-8-14-18)19-15-9-6-10-16-19/h5-10,13-17H,3-4,11-12H2,1-2H3. The summed E-state index contributed by atoms with van der Waals surface area (Å²) in [6, 6.07) is 21.9. The van der Waals surface area contributed by atoms with E-state index in [0.717, 1.165) is 53.8 Å². The van der Waals surface area contributed by atoms with E-state index in [1.165, 1.54) is 0 Å². The van der Waals surface area contributed by atoms with Crippen molar-refractivity contribution in [2.24, 2.45) is 4.99 Å². The molecule has 0 amide bonds. The first-order valence-electron chi connectivity index (χ1n) is 9.58. The molecular weight excluding hydrogens is 334 g/mol. The smallest absolute Gasteiger partial charge is 0.362 e. The molecule has 3 aromatic rings. The lowest BCUT2D eigenvalue weighted by Crippen LogP contribution is -2.09. The fourth-order valence-electron chi connectivity index (χ4n) is 3.14. The van der Waals surface area contributed by atoms with E-state index in [2.05, 4.69) is 13.8 Å². The molecule has 0 spiro atoms. The Hall–Kier alpha value is -2.94. The maximum Gasteiger partial charge on any atom is 0.362 e. The first-order valence-corrected chi connectivity index (χ1v) is 9.58. The van der Waals surface area contributed by atoms with E-state index in [-0.39, 0.29) is 5.63 Å². The van der Waals surface area contributed by atoms with Gasteiger partial charge in [0.1, 0.15) is 5.76 Å². The Morgan fingerprint density at radius 1 is 0.852 bits per heavy atom. The fourth-order valence-corrected chi connectivity index (χ4v) is 3.14. The molecule has 2 aromatic carbocycles. The zero-order valence-electron chi connectivity index (χ0n) is 15.9. The molecule has 0 aliphatic carbocycles. The highest BCUT2D eigenvalue weighted by atomic mass is 16.4. The van der Waals surface area contributed by atoms with Gasteiger partial charge in [-0.2, -0.15) is 0 Å². The molecular formula is C24H25NO2. The van der Waals surface area contributed by atoms with Crippen LogP contribution in [0.25, 0.3) is 0 Å². The molecule has 1 heterocycles. The van der Waals surface area contributed by atoms with Crippen LogP contribution in [0.5, 0.6) is 0 Å². The lowest BCUT2D eigenvalue weighted by atomic mass is 10.0. The number of rotatable bonds is 7. The van der Waals surface area contributed by atoms with E-state index in [1.807, 2.05) is 66.7 Å². The molecule has 0 N–H and O–H groups in total. The Kier molecular flexibility index (Phi) is 6.37. The van der Waals surface area contributed by atoms with Crippen LogP contribution in [0.15, 0.2) is 80.9 Å². The Morgan fingerprint density at radius 3 is 1.93 bits per heavy atom. The topological polar surface area (TPSA) is 42.6 Å². The molecule has 0 saturated carbocycles. The lowest BCUT2D eigenvalue weighted by Gasteiger charge is -2.10. The highest BCUT2D eigenvalue weighted by molar-refractivity contribution is 6.14. The Morgan fingerprint density at radius 2 is 1.41 bits per heavy atom. The van der Waals surface area contributed by atoms with Crippen molar-refractivity contribution in [1.29, 1.82) is 0 Å². The molecule has 0 saturated heterocycles. The Bertz CT molecular complexity index is 915. The molecule has 0 aliphatic rings. The largest absolute Gasteiger partial charge is 0.426 e. The van der Waals surface area contributed by atoms with Crippen molar-refractivity contribution < 1.29 is 4.42 Å². The molecule has 0 radical (unpaired) electrons. The molecule has 0 unspecified atom stereocenters. The minimum atomic E-state index is -0.353. The third-order valence-corrected chi connectivity index (χ3v) is 4.39. The summed E-state index contributed by atoms with van der Waals surface area (Å²) in [4.78, 5) is 17.6. The van der Waals surface area contributed by atoms with Crippen LogP contribution in [0.3, 0.4) is 0 Å². The molecule has 0 atom stereocenters. The van der Waals surface area contributed by atoms with Crippen molar-refractivity contribution in [2.75, 3.05) is 0 Å². The van der Waals surface area contributed by atoms with Crippen LogP contribution in [0.4, 0.5) is 5.69 Å². The molecule has 27 heavy (non-hydrogen) atoms. The van der Waals surface area contributed by atoms with Gasteiger partial charge in [0.15, 0.2) is 5.69 Å². The van der Waals surface area contributed by atoms with E-state index < -0.39 is 0 Å². The van der Waals surface area contributed by atoms with E-state index in [4.69, 9.17) is 9.41 Å². The third kappa shape index (κ3) is 4.62. The summed E-state index contributed by atoms with van der Waals surface area (Å²) in [5, 5.41) is 0. The van der Waals surface area contributed by atoms with Gasteiger partial charge in [-0.15, -0.1) is 0 Å². The van der Waals surface area contributed by atoms with Crippen molar-refractivity contribution in [3.05, 3.63) is 99.6 Å². The number of hydrogen-bond acceptors (Lipinski definition) is 3. The highest BCUT2D eigenvalue weighted by Crippen LogP contribution is 2.22. The van der Waals surface area contributed by atoms with Crippen LogP contribution < -0.4 is 5.63 Å². The van der Waals surface area contributed by atoms with Crippen molar-refractivity contribution in [3.63, 3.8) is 0 Å². The first kappa shape index (κ1) is 18.8. The fraction of sp³-hybridized carbons (Fsp3) is 0.250. The molecule has 0 aliphatic heterocycles. The number of hydrogen-bond donors (Lipinski definition) is 0. The summed E-state index contributed by atoms with van der Waals surface area (Å²) in [6.45, 7) is 4.19. The third-order valence-electron chi connectivity index (χ3n) is 4.39. The highest BCUT2D eigenvalue weighted by Gasteiger charge is 2.14. The summed E-state index contributed by atoms with van der Waals surface area (Å²) in [5.41, 5.74) is 3.75. The minimum absolute atomic E-state index is 0.353. The summed E-state index contributed by atoms with van der Waals surface area (Å²) in [6.07, 6.45) is 3.46. The number of aliphatic imine (C=N–C) groups is 1. The van der Waals surface area contributed by atoms with Crippen LogP contribution in [-0.4, -0.2) is 5.71 Å². The summed E-state index contributed by atoms with van der Waals surface area (Å²) < 4.78 is 5.55. The quantitative estimate of drug-likeness (QED) is 0.507. The van der Waals surface area contributed by atoms with Crippen molar-refractivity contribution >= 4 is 11.4 Å². The van der Waals surface area contributed by atoms with Crippen LogP contribution in [0.1, 0.15) is 49.1 Å². The monoisotopic (exact) mass is 359 g/mol. The summed E-state index contributed by atoms with van der Waals surface area (Å²) in [5.74, 6) is 0.742. The van der Waals surface area contributed by atoms with Gasteiger partial charge in [-0.1, -0.05) is 80.9 Å². The van der Waals surface area contributed by atoms with Crippen molar-refractivity contribution in [3.8, 4) is 0 Å². The van der Waals surface area contributed by atoms with E-state index in [1.54, 1.807) is 0 Å². The average molecular weight is 359 g/mol. The second-order valence-corrected chi connectivity index (χ2v) is 6.57. The number of benzene rings is 2. The van der Waals surface area contributed by atoms with Gasteiger partial charge in [0.05, 0.1) is 5.71 Å². The predicted octanol–water partition coefficient (Wildman–Crippen LogP) is 5.71. The lowest BCUT2D eigenvalue weighted by molar-refractivity contribution is 0.456. The van der Waals surface area contributed by atoms with Crippen molar-refractivity contribution in [1.82, 2.24) is 0 Å². The summed E-state index contributed by atoms with van der Waals surface area (Å²) >= 11 is 0. The van der Waals surface area contributed by atoms with Crippen LogP contribution in [0.2, 0.25) is 0 Å². The number of aryl methyl sites for hydroxylation is 2. The van der Waals surface area contributed by atoms with Gasteiger partial charge < -0.3 is 4.42 Å². The van der Waals surface area contributed by atoms with Crippen LogP contribution in [-0.2, 0) is 12.8 Å². The molecule has 3 heteroatoms. The Balaban J connectivity index is 2.19. The minimum Gasteiger partial charge on any atom is -0.426 e. The van der Waals surface area contributed by atoms with Gasteiger partial charge in [0.25, 0.3) is 0 Å². The van der Waals surface area contributed by atoms with Gasteiger partial charge in [-0.25, -0.2) is 9.79 Å². The van der Waals surface area contributed by atoms with Crippen LogP contribution >= 0.6 is 0 Å². The van der Waals surface area contributed by atoms with E-state index >= 15 is 0 Å². The zero-order chi connectivity index (χ0) is 19.1. The Labute approximate surface area is 160 Å².